The second-order valence-corrected chi connectivity index (χ2v) is 5.64. The number of para-hydroxylation sites is 1. The lowest BCUT2D eigenvalue weighted by Gasteiger charge is -2.06. The molecule has 0 radical (unpaired) electrons. The third-order valence-electron chi connectivity index (χ3n) is 3.96. The topological polar surface area (TPSA) is 106 Å². The van der Waals surface area contributed by atoms with Gasteiger partial charge >= 0.3 is 5.69 Å². The summed E-state index contributed by atoms with van der Waals surface area (Å²) in [5.41, 5.74) is 2.89. The summed E-state index contributed by atoms with van der Waals surface area (Å²) in [6.07, 6.45) is 3.05. The average Bonchev–Trinajstić information content (AvgIpc) is 2.99. The Kier molecular flexibility index (Phi) is 4.44. The van der Waals surface area contributed by atoms with Gasteiger partial charge in [0.05, 0.1) is 6.21 Å². The zero-order chi connectivity index (χ0) is 18.8. The first-order valence-corrected chi connectivity index (χ1v) is 7.80. The van der Waals surface area contributed by atoms with Crippen LogP contribution in [0.1, 0.15) is 5.56 Å². The zero-order valence-electron chi connectivity index (χ0n) is 14.4. The van der Waals surface area contributed by atoms with Crippen molar-refractivity contribution in [1.82, 2.24) is 18.7 Å². The van der Waals surface area contributed by atoms with E-state index in [1.165, 1.54) is 17.8 Å². The lowest BCUT2D eigenvalue weighted by atomic mass is 10.2. The van der Waals surface area contributed by atoms with Gasteiger partial charge in [0.1, 0.15) is 5.75 Å². The van der Waals surface area contributed by atoms with Gasteiger partial charge in [-0.15, -0.1) is 6.58 Å². The summed E-state index contributed by atoms with van der Waals surface area (Å²) in [7, 11) is 2.96. The predicted molar refractivity (Wildman–Crippen MR) is 99.7 cm³/mol. The predicted octanol–water partition coefficient (Wildman–Crippen LogP) is 0.771. The Bertz CT molecular complexity index is 1140. The zero-order valence-corrected chi connectivity index (χ0v) is 14.4. The van der Waals surface area contributed by atoms with Gasteiger partial charge in [0.2, 0.25) is 5.95 Å². The van der Waals surface area contributed by atoms with Gasteiger partial charge < -0.3 is 5.11 Å². The molecule has 0 unspecified atom stereocenters. The highest BCUT2D eigenvalue weighted by Gasteiger charge is 2.18. The number of hydrazone groups is 1. The highest BCUT2D eigenvalue weighted by atomic mass is 16.3. The van der Waals surface area contributed by atoms with Crippen LogP contribution in [0, 0.1) is 0 Å². The van der Waals surface area contributed by atoms with Crippen LogP contribution in [-0.4, -0.2) is 30.0 Å². The van der Waals surface area contributed by atoms with E-state index in [1.807, 2.05) is 0 Å². The molecule has 0 amide bonds. The standard InChI is InChI=1S/C17H18N6O3/c1-4-9-23-13-14(21(2)17(26)22(3)15(13)25)19-16(23)20-18-10-11-7-5-6-8-12(11)24/h4-8,10,24H,1,9H2,2-3H3,(H,19,20)/b18-10-. The molecule has 0 saturated carbocycles. The SMILES string of the molecule is C=CCn1c(N/N=C\c2ccccc2O)nc2c1c(=O)n(C)c(=O)n2C. The van der Waals surface area contributed by atoms with Gasteiger partial charge in [-0.05, 0) is 12.1 Å². The number of phenols is 1. The highest BCUT2D eigenvalue weighted by molar-refractivity contribution is 5.83. The largest absolute Gasteiger partial charge is 0.507 e. The fourth-order valence-electron chi connectivity index (χ4n) is 2.59. The van der Waals surface area contributed by atoms with Crippen molar-refractivity contribution >= 4 is 23.3 Å². The van der Waals surface area contributed by atoms with Crippen LogP contribution in [0.15, 0.2) is 51.6 Å². The van der Waals surface area contributed by atoms with E-state index in [-0.39, 0.29) is 22.9 Å². The Morgan fingerprint density at radius 3 is 2.69 bits per heavy atom. The number of allylic oxidation sites excluding steroid dienone is 1. The molecule has 2 heterocycles. The number of imidazole rings is 1. The second kappa shape index (κ2) is 6.71. The molecule has 1 aromatic carbocycles. The molecule has 0 bridgehead atoms. The van der Waals surface area contributed by atoms with Gasteiger partial charge in [-0.3, -0.25) is 18.5 Å². The number of aromatic nitrogens is 4. The molecule has 3 aromatic rings. The number of nitrogens with one attached hydrogen (secondary N) is 1. The number of hydrogen-bond acceptors (Lipinski definition) is 6. The quantitative estimate of drug-likeness (QED) is 0.400. The van der Waals surface area contributed by atoms with E-state index in [0.717, 1.165) is 4.57 Å². The maximum Gasteiger partial charge on any atom is 0.332 e. The lowest BCUT2D eigenvalue weighted by molar-refractivity contribution is 0.474. The monoisotopic (exact) mass is 354 g/mol. The van der Waals surface area contributed by atoms with Gasteiger partial charge in [-0.1, -0.05) is 18.2 Å². The van der Waals surface area contributed by atoms with Crippen LogP contribution in [0.5, 0.6) is 5.75 Å². The van der Waals surface area contributed by atoms with Crippen molar-refractivity contribution in [3.8, 4) is 5.75 Å². The summed E-state index contributed by atoms with van der Waals surface area (Å²) < 4.78 is 3.92. The summed E-state index contributed by atoms with van der Waals surface area (Å²) in [5.74, 6) is 0.374. The molecule has 9 heteroatoms. The van der Waals surface area contributed by atoms with Gasteiger partial charge in [0.25, 0.3) is 5.56 Å². The minimum absolute atomic E-state index is 0.0916. The Morgan fingerprint density at radius 2 is 2.00 bits per heavy atom. The van der Waals surface area contributed by atoms with E-state index in [0.29, 0.717) is 12.1 Å². The molecule has 0 spiro atoms. The Morgan fingerprint density at radius 1 is 1.27 bits per heavy atom. The smallest absolute Gasteiger partial charge is 0.332 e. The average molecular weight is 354 g/mol. The van der Waals surface area contributed by atoms with Crippen LogP contribution >= 0.6 is 0 Å². The molecule has 0 saturated heterocycles. The van der Waals surface area contributed by atoms with Crippen molar-refractivity contribution in [1.29, 1.82) is 0 Å². The molecule has 0 aliphatic heterocycles. The number of rotatable bonds is 5. The van der Waals surface area contributed by atoms with Crippen molar-refractivity contribution in [2.75, 3.05) is 5.43 Å². The van der Waals surface area contributed by atoms with E-state index in [4.69, 9.17) is 0 Å². The van der Waals surface area contributed by atoms with E-state index >= 15 is 0 Å². The number of phenolic OH excluding ortho intramolecular Hbond substituents is 1. The summed E-state index contributed by atoms with van der Waals surface area (Å²) >= 11 is 0. The van der Waals surface area contributed by atoms with E-state index < -0.39 is 11.2 Å². The van der Waals surface area contributed by atoms with Gasteiger partial charge in [0.15, 0.2) is 11.2 Å². The molecular weight excluding hydrogens is 336 g/mol. The first kappa shape index (κ1) is 17.2. The number of fused-ring (bicyclic) bond motifs is 1. The number of anilines is 1. The molecule has 0 aliphatic rings. The number of aromatic hydroxyl groups is 1. The Balaban J connectivity index is 2.10. The fraction of sp³-hybridized carbons (Fsp3) is 0.176. The first-order chi connectivity index (χ1) is 12.5. The van der Waals surface area contributed by atoms with E-state index in [2.05, 4.69) is 22.1 Å². The minimum Gasteiger partial charge on any atom is -0.507 e. The van der Waals surface area contributed by atoms with Crippen molar-refractivity contribution in [3.05, 3.63) is 63.3 Å². The van der Waals surface area contributed by atoms with E-state index in [9.17, 15) is 14.7 Å². The van der Waals surface area contributed by atoms with Crippen LogP contribution in [0.2, 0.25) is 0 Å². The van der Waals surface area contributed by atoms with E-state index in [1.54, 1.807) is 42.0 Å². The summed E-state index contributed by atoms with van der Waals surface area (Å²) in [6, 6.07) is 6.73. The van der Waals surface area contributed by atoms with Crippen LogP contribution in [0.3, 0.4) is 0 Å². The summed E-state index contributed by atoms with van der Waals surface area (Å²) in [4.78, 5) is 28.9. The Labute approximate surface area is 148 Å². The molecule has 2 aromatic heterocycles. The first-order valence-electron chi connectivity index (χ1n) is 7.80. The maximum atomic E-state index is 12.5. The highest BCUT2D eigenvalue weighted by Crippen LogP contribution is 2.16. The summed E-state index contributed by atoms with van der Waals surface area (Å²) in [5, 5.41) is 13.8. The van der Waals surface area contributed by atoms with Crippen molar-refractivity contribution in [3.63, 3.8) is 0 Å². The minimum atomic E-state index is -0.463. The summed E-state index contributed by atoms with van der Waals surface area (Å²) in [6.45, 7) is 3.99. The Hall–Kier alpha value is -3.62. The lowest BCUT2D eigenvalue weighted by Crippen LogP contribution is -2.37. The van der Waals surface area contributed by atoms with Crippen LogP contribution in [0.25, 0.3) is 11.2 Å². The molecule has 0 fully saturated rings. The van der Waals surface area contributed by atoms with Crippen LogP contribution in [-0.2, 0) is 20.6 Å². The fourth-order valence-corrected chi connectivity index (χ4v) is 2.59. The number of hydrogen-bond donors (Lipinski definition) is 2. The van der Waals surface area contributed by atoms with Gasteiger partial charge in [0, 0.05) is 26.2 Å². The number of benzene rings is 1. The molecule has 26 heavy (non-hydrogen) atoms. The molecule has 0 atom stereocenters. The van der Waals surface area contributed by atoms with Gasteiger partial charge in [-0.2, -0.15) is 10.1 Å². The van der Waals surface area contributed by atoms with Crippen molar-refractivity contribution < 1.29 is 5.11 Å². The molecule has 0 aliphatic carbocycles. The number of aryl methyl sites for hydroxylation is 1. The third-order valence-corrected chi connectivity index (χ3v) is 3.96. The maximum absolute atomic E-state index is 12.5. The molecule has 3 rings (SSSR count). The third kappa shape index (κ3) is 2.79. The van der Waals surface area contributed by atoms with Gasteiger partial charge in [-0.25, -0.2) is 10.2 Å². The van der Waals surface area contributed by atoms with Crippen molar-refractivity contribution in [2.24, 2.45) is 19.2 Å². The molecular formula is C17H18N6O3. The van der Waals surface area contributed by atoms with Crippen molar-refractivity contribution in [2.45, 2.75) is 6.54 Å². The molecule has 2 N–H and O–H groups in total. The second-order valence-electron chi connectivity index (χ2n) is 5.64. The molecule has 134 valence electrons. The number of nitrogens with zero attached hydrogens (tertiary/aromatic N) is 5. The van der Waals surface area contributed by atoms with Crippen LogP contribution < -0.4 is 16.7 Å². The van der Waals surface area contributed by atoms with Crippen LogP contribution in [0.4, 0.5) is 5.95 Å². The molecule has 9 nitrogen and oxygen atoms in total. The normalized spacial score (nSPS) is 11.3.